The minimum atomic E-state index is -1.03. The maximum Gasteiger partial charge on any atom is 0.331 e. The lowest BCUT2D eigenvalue weighted by atomic mass is 9.76. The maximum atomic E-state index is 13.4. The molecule has 0 saturated carbocycles. The van der Waals surface area contributed by atoms with E-state index in [1.54, 1.807) is 14.1 Å². The highest BCUT2D eigenvalue weighted by Crippen LogP contribution is 2.29. The van der Waals surface area contributed by atoms with E-state index in [4.69, 9.17) is 5.11 Å². The van der Waals surface area contributed by atoms with Crippen LogP contribution in [-0.2, 0) is 19.8 Å². The Morgan fingerprint density at radius 1 is 1.03 bits per heavy atom. The number of rotatable bonds is 10. The number of hydrogen-bond acceptors (Lipinski definition) is 5. The van der Waals surface area contributed by atoms with E-state index >= 15 is 0 Å². The van der Waals surface area contributed by atoms with Crippen LogP contribution in [0, 0.1) is 5.41 Å². The number of nitrogens with one attached hydrogen (secondary N) is 3. The first-order valence-electron chi connectivity index (χ1n) is 11.1. The molecule has 0 aliphatic rings. The molecule has 0 fully saturated rings. The summed E-state index contributed by atoms with van der Waals surface area (Å²) in [5.74, 6) is -1.59. The van der Waals surface area contributed by atoms with E-state index in [9.17, 15) is 14.4 Å². The van der Waals surface area contributed by atoms with Crippen molar-refractivity contribution in [2.24, 2.45) is 5.41 Å². The Morgan fingerprint density at radius 2 is 1.58 bits per heavy atom. The van der Waals surface area contributed by atoms with Crippen LogP contribution in [0.1, 0.15) is 47.1 Å². The van der Waals surface area contributed by atoms with Gasteiger partial charge >= 0.3 is 5.97 Å². The number of aliphatic carboxylic acids is 1. The third-order valence-corrected chi connectivity index (χ3v) is 5.97. The monoisotopic (exact) mass is 460 g/mol. The van der Waals surface area contributed by atoms with Gasteiger partial charge in [-0.1, -0.05) is 52.8 Å². The average molecular weight is 461 g/mol. The molecule has 184 valence electrons. The van der Waals surface area contributed by atoms with Gasteiger partial charge in [-0.25, -0.2) is 4.79 Å². The van der Waals surface area contributed by atoms with Crippen LogP contribution in [0.25, 0.3) is 0 Å². The number of likely N-dealkylation sites (N-methyl/N-ethyl adjacent to an activating group) is 2. The van der Waals surface area contributed by atoms with Crippen LogP contribution < -0.4 is 16.0 Å². The first-order chi connectivity index (χ1) is 15.2. The summed E-state index contributed by atoms with van der Waals surface area (Å²) in [5.41, 5.74) is 1.02. The van der Waals surface area contributed by atoms with Crippen molar-refractivity contribution in [1.82, 2.24) is 15.5 Å². The fraction of sp³-hybridized carbons (Fsp3) is 0.560. The number of carbonyl (C=O) groups is 3. The standard InChI is InChI=1S/C25H40N4O4/c1-16(23(32)33)14-15-29(9)22(31)20(24(2,3)4)28-21(30)19(27-8)25(5,6)17-10-12-18(26-7)13-11-17/h10-14,19-20,26-27H,15H2,1-9H3,(H,28,30)(H,32,33)/b16-14+. The molecule has 33 heavy (non-hydrogen) atoms. The molecule has 0 radical (unpaired) electrons. The van der Waals surface area contributed by atoms with Crippen LogP contribution in [-0.4, -0.2) is 67.6 Å². The minimum Gasteiger partial charge on any atom is -0.478 e. The van der Waals surface area contributed by atoms with Gasteiger partial charge in [-0.05, 0) is 37.1 Å². The lowest BCUT2D eigenvalue weighted by molar-refractivity contribution is -0.139. The van der Waals surface area contributed by atoms with E-state index in [1.165, 1.54) is 17.9 Å². The van der Waals surface area contributed by atoms with Gasteiger partial charge in [0.1, 0.15) is 6.04 Å². The highest BCUT2D eigenvalue weighted by Gasteiger charge is 2.40. The Kier molecular flexibility index (Phi) is 9.66. The number of nitrogens with zero attached hydrogens (tertiary/aromatic N) is 1. The number of carbonyl (C=O) groups excluding carboxylic acids is 2. The molecule has 0 aliphatic heterocycles. The molecule has 1 rings (SSSR count). The normalized spacial score (nSPS) is 14.3. The van der Waals surface area contributed by atoms with Crippen molar-refractivity contribution in [2.75, 3.05) is 33.0 Å². The van der Waals surface area contributed by atoms with E-state index in [2.05, 4.69) is 16.0 Å². The zero-order valence-corrected chi connectivity index (χ0v) is 21.4. The quantitative estimate of drug-likeness (QED) is 0.400. The number of carboxylic acid groups (broad SMARTS) is 1. The third kappa shape index (κ3) is 7.32. The molecule has 2 amide bonds. The molecular formula is C25H40N4O4. The SMILES string of the molecule is CNc1ccc(C(C)(C)C(NC)C(=O)NC(C(=O)N(C)C/C=C(\C)C(=O)O)C(C)(C)C)cc1. The van der Waals surface area contributed by atoms with Gasteiger partial charge in [0.2, 0.25) is 11.8 Å². The van der Waals surface area contributed by atoms with E-state index in [0.29, 0.717) is 0 Å². The molecule has 8 heteroatoms. The summed E-state index contributed by atoms with van der Waals surface area (Å²) < 4.78 is 0. The summed E-state index contributed by atoms with van der Waals surface area (Å²) in [6.07, 6.45) is 1.48. The molecular weight excluding hydrogens is 420 g/mol. The average Bonchev–Trinajstić information content (AvgIpc) is 2.74. The molecule has 8 nitrogen and oxygen atoms in total. The second-order valence-corrected chi connectivity index (χ2v) is 9.99. The third-order valence-electron chi connectivity index (χ3n) is 5.97. The molecule has 0 heterocycles. The van der Waals surface area contributed by atoms with Gasteiger partial charge in [-0.2, -0.15) is 0 Å². The van der Waals surface area contributed by atoms with Crippen LogP contribution >= 0.6 is 0 Å². The summed E-state index contributed by atoms with van der Waals surface area (Å²) >= 11 is 0. The first kappa shape index (κ1) is 28.2. The second-order valence-electron chi connectivity index (χ2n) is 9.99. The molecule has 2 unspecified atom stereocenters. The molecule has 0 bridgehead atoms. The number of anilines is 1. The van der Waals surface area contributed by atoms with Crippen molar-refractivity contribution in [1.29, 1.82) is 0 Å². The Labute approximate surface area is 197 Å². The molecule has 1 aromatic carbocycles. The fourth-order valence-electron chi connectivity index (χ4n) is 3.60. The fourth-order valence-corrected chi connectivity index (χ4v) is 3.60. The molecule has 4 N–H and O–H groups in total. The van der Waals surface area contributed by atoms with Crippen LogP contribution in [0.2, 0.25) is 0 Å². The summed E-state index contributed by atoms with van der Waals surface area (Å²) in [4.78, 5) is 39.1. The Morgan fingerprint density at radius 3 is 2.00 bits per heavy atom. The largest absolute Gasteiger partial charge is 0.478 e. The van der Waals surface area contributed by atoms with Crippen molar-refractivity contribution in [3.63, 3.8) is 0 Å². The molecule has 2 atom stereocenters. The summed E-state index contributed by atoms with van der Waals surface area (Å²) in [6.45, 7) is 11.3. The summed E-state index contributed by atoms with van der Waals surface area (Å²) in [5, 5.41) is 18.2. The van der Waals surface area contributed by atoms with Crippen LogP contribution in [0.5, 0.6) is 0 Å². The van der Waals surface area contributed by atoms with Crippen molar-refractivity contribution in [3.8, 4) is 0 Å². The number of hydrogen-bond donors (Lipinski definition) is 4. The lowest BCUT2D eigenvalue weighted by Crippen LogP contribution is -2.60. The zero-order chi connectivity index (χ0) is 25.6. The first-order valence-corrected chi connectivity index (χ1v) is 11.1. The van der Waals surface area contributed by atoms with Gasteiger partial charge in [-0.3, -0.25) is 9.59 Å². The topological polar surface area (TPSA) is 111 Å². The van der Waals surface area contributed by atoms with E-state index in [1.807, 2.05) is 65.9 Å². The Hall–Kier alpha value is -2.87. The molecule has 0 aromatic heterocycles. The van der Waals surface area contributed by atoms with Crippen molar-refractivity contribution >= 4 is 23.5 Å². The number of carboxylic acids is 1. The van der Waals surface area contributed by atoms with Crippen molar-refractivity contribution < 1.29 is 19.5 Å². The van der Waals surface area contributed by atoms with Gasteiger partial charge in [0.05, 0.1) is 6.04 Å². The lowest BCUT2D eigenvalue weighted by Gasteiger charge is -2.38. The highest BCUT2D eigenvalue weighted by atomic mass is 16.4. The maximum absolute atomic E-state index is 13.4. The number of amides is 2. The van der Waals surface area contributed by atoms with Gasteiger partial charge in [0, 0.05) is 37.3 Å². The van der Waals surface area contributed by atoms with Crippen molar-refractivity contribution in [3.05, 3.63) is 41.5 Å². The van der Waals surface area contributed by atoms with E-state index < -0.39 is 28.9 Å². The Bertz CT molecular complexity index is 869. The summed E-state index contributed by atoms with van der Waals surface area (Å²) in [7, 11) is 5.18. The van der Waals surface area contributed by atoms with E-state index in [0.717, 1.165) is 11.3 Å². The van der Waals surface area contributed by atoms with Crippen molar-refractivity contribution in [2.45, 2.75) is 59.0 Å². The highest BCUT2D eigenvalue weighted by molar-refractivity contribution is 5.91. The molecule has 0 aliphatic carbocycles. The molecule has 1 aromatic rings. The van der Waals surface area contributed by atoms with Crippen LogP contribution in [0.3, 0.4) is 0 Å². The minimum absolute atomic E-state index is 0.137. The van der Waals surface area contributed by atoms with Gasteiger partial charge in [0.25, 0.3) is 0 Å². The second kappa shape index (κ2) is 11.3. The van der Waals surface area contributed by atoms with Gasteiger partial charge in [-0.15, -0.1) is 0 Å². The number of benzene rings is 1. The molecule has 0 saturated heterocycles. The van der Waals surface area contributed by atoms with Crippen LogP contribution in [0.15, 0.2) is 35.9 Å². The van der Waals surface area contributed by atoms with Gasteiger partial charge < -0.3 is 26.0 Å². The van der Waals surface area contributed by atoms with E-state index in [-0.39, 0.29) is 23.9 Å². The molecule has 0 spiro atoms. The van der Waals surface area contributed by atoms with Crippen LogP contribution in [0.4, 0.5) is 5.69 Å². The summed E-state index contributed by atoms with van der Waals surface area (Å²) in [6, 6.07) is 6.53. The predicted molar refractivity (Wildman–Crippen MR) is 132 cm³/mol. The van der Waals surface area contributed by atoms with Gasteiger partial charge in [0.15, 0.2) is 0 Å². The zero-order valence-electron chi connectivity index (χ0n) is 21.4. The predicted octanol–water partition coefficient (Wildman–Crippen LogP) is 2.61. The Balaban J connectivity index is 3.13. The smallest absolute Gasteiger partial charge is 0.331 e.